The van der Waals surface area contributed by atoms with Gasteiger partial charge in [-0.3, -0.25) is 15.0 Å². The van der Waals surface area contributed by atoms with Gasteiger partial charge in [-0.05, 0) is 38.2 Å². The minimum Gasteiger partial charge on any atom is -0.466 e. The third-order valence-corrected chi connectivity index (χ3v) is 5.17. The van der Waals surface area contributed by atoms with Gasteiger partial charge < -0.3 is 10.5 Å². The van der Waals surface area contributed by atoms with E-state index in [9.17, 15) is 19.7 Å². The van der Waals surface area contributed by atoms with E-state index in [0.717, 1.165) is 18.4 Å². The van der Waals surface area contributed by atoms with E-state index >= 15 is 0 Å². The third-order valence-electron chi connectivity index (χ3n) is 5.17. The zero-order valence-corrected chi connectivity index (χ0v) is 15.4. The van der Waals surface area contributed by atoms with Gasteiger partial charge in [0, 0.05) is 28.9 Å². The van der Waals surface area contributed by atoms with Crippen LogP contribution in [0.15, 0.2) is 46.8 Å². The van der Waals surface area contributed by atoms with Crippen LogP contribution >= 0.6 is 0 Å². The number of methoxy groups -OCH3 is 1. The molecule has 0 aromatic heterocycles. The lowest BCUT2D eigenvalue weighted by Crippen LogP contribution is -2.39. The van der Waals surface area contributed by atoms with Crippen molar-refractivity contribution < 1.29 is 19.2 Å². The normalized spacial score (nSPS) is 20.0. The van der Waals surface area contributed by atoms with Crippen LogP contribution in [0.25, 0.3) is 0 Å². The van der Waals surface area contributed by atoms with Gasteiger partial charge in [0.15, 0.2) is 0 Å². The Morgan fingerprint density at radius 1 is 1.22 bits per heavy atom. The van der Waals surface area contributed by atoms with Gasteiger partial charge in [-0.25, -0.2) is 9.59 Å². The Hall–Kier alpha value is -3.16. The minimum atomic E-state index is -0.703. The SMILES string of the molecule is COC(=O)C1=C(C)N(C(N)=O)C(C)=C(C2CC2)C1c1ccccc1[N+](=O)[O-]. The lowest BCUT2D eigenvalue weighted by atomic mass is 9.77. The maximum Gasteiger partial charge on any atom is 0.336 e. The molecule has 1 atom stereocenters. The minimum absolute atomic E-state index is 0.0739. The van der Waals surface area contributed by atoms with E-state index in [1.165, 1.54) is 18.1 Å². The molecule has 1 aliphatic carbocycles. The number of nitro groups is 1. The van der Waals surface area contributed by atoms with E-state index in [-0.39, 0.29) is 17.2 Å². The van der Waals surface area contributed by atoms with Crippen LogP contribution in [0.2, 0.25) is 0 Å². The maximum absolute atomic E-state index is 12.7. The molecule has 1 aromatic carbocycles. The van der Waals surface area contributed by atoms with Gasteiger partial charge in [0.25, 0.3) is 5.69 Å². The smallest absolute Gasteiger partial charge is 0.336 e. The number of ether oxygens (including phenoxy) is 1. The zero-order chi connectivity index (χ0) is 19.9. The van der Waals surface area contributed by atoms with Crippen molar-refractivity contribution in [1.29, 1.82) is 0 Å². The molecular weight excluding hydrogens is 350 g/mol. The molecule has 2 N–H and O–H groups in total. The lowest BCUT2D eigenvalue weighted by molar-refractivity contribution is -0.385. The summed E-state index contributed by atoms with van der Waals surface area (Å²) in [4.78, 5) is 37.2. The summed E-state index contributed by atoms with van der Waals surface area (Å²) < 4.78 is 4.96. The molecule has 0 spiro atoms. The largest absolute Gasteiger partial charge is 0.466 e. The standard InChI is InChI=1S/C19H21N3O5/c1-10-15(12-8-9-12)17(13-6-4-5-7-14(13)22(25)26)16(18(23)27-3)11(2)21(10)19(20)24/h4-7,12,17H,8-9H2,1-3H3,(H2,20,24). The number of primary amides is 1. The number of nitrogens with two attached hydrogens (primary N) is 1. The Kier molecular flexibility index (Phi) is 4.73. The third kappa shape index (κ3) is 3.07. The molecule has 142 valence electrons. The number of rotatable bonds is 4. The van der Waals surface area contributed by atoms with Crippen molar-refractivity contribution in [3.8, 4) is 0 Å². The van der Waals surface area contributed by atoms with Crippen molar-refractivity contribution in [3.63, 3.8) is 0 Å². The van der Waals surface area contributed by atoms with Gasteiger partial charge >= 0.3 is 12.0 Å². The van der Waals surface area contributed by atoms with Crippen molar-refractivity contribution in [2.75, 3.05) is 7.11 Å². The first-order valence-electron chi connectivity index (χ1n) is 8.62. The molecule has 1 unspecified atom stereocenters. The van der Waals surface area contributed by atoms with Gasteiger partial charge in [-0.1, -0.05) is 18.2 Å². The second-order valence-electron chi connectivity index (χ2n) is 6.73. The second kappa shape index (κ2) is 6.86. The number of nitrogens with zero attached hydrogens (tertiary/aromatic N) is 2. The molecule has 1 fully saturated rings. The van der Waals surface area contributed by atoms with E-state index in [1.54, 1.807) is 32.0 Å². The highest BCUT2D eigenvalue weighted by Crippen LogP contribution is 2.53. The summed E-state index contributed by atoms with van der Waals surface area (Å²) in [5, 5.41) is 11.6. The monoisotopic (exact) mass is 371 g/mol. The number of urea groups is 1. The fourth-order valence-electron chi connectivity index (χ4n) is 3.93. The molecule has 2 amide bonds. The quantitative estimate of drug-likeness (QED) is 0.496. The Morgan fingerprint density at radius 3 is 2.37 bits per heavy atom. The van der Waals surface area contributed by atoms with Gasteiger partial charge in [0.05, 0.1) is 17.6 Å². The van der Waals surface area contributed by atoms with Gasteiger partial charge in [0.1, 0.15) is 0 Å². The second-order valence-corrected chi connectivity index (χ2v) is 6.73. The number of para-hydroxylation sites is 1. The number of carbonyl (C=O) groups excluding carboxylic acids is 2. The molecule has 0 radical (unpaired) electrons. The van der Waals surface area contributed by atoms with Crippen LogP contribution < -0.4 is 5.73 Å². The Morgan fingerprint density at radius 2 is 1.85 bits per heavy atom. The van der Waals surface area contributed by atoms with Crippen molar-refractivity contribution in [3.05, 3.63) is 62.5 Å². The van der Waals surface area contributed by atoms with Gasteiger partial charge in [0.2, 0.25) is 0 Å². The fraction of sp³-hybridized carbons (Fsp3) is 0.368. The highest BCUT2D eigenvalue weighted by Gasteiger charge is 2.45. The summed E-state index contributed by atoms with van der Waals surface area (Å²) in [6, 6.07) is 5.65. The fourth-order valence-corrected chi connectivity index (χ4v) is 3.93. The Labute approximate surface area is 156 Å². The van der Waals surface area contributed by atoms with Crippen LogP contribution in [0.1, 0.15) is 38.2 Å². The molecule has 3 rings (SSSR count). The average molecular weight is 371 g/mol. The number of amides is 2. The molecular formula is C19H21N3O5. The molecule has 0 saturated heterocycles. The van der Waals surface area contributed by atoms with Gasteiger partial charge in [-0.15, -0.1) is 0 Å². The number of hydrogen-bond donors (Lipinski definition) is 1. The highest BCUT2D eigenvalue weighted by atomic mass is 16.6. The van der Waals surface area contributed by atoms with Crippen LogP contribution in [-0.4, -0.2) is 28.9 Å². The number of esters is 1. The van der Waals surface area contributed by atoms with Crippen LogP contribution in [0.3, 0.4) is 0 Å². The molecule has 1 aromatic rings. The lowest BCUT2D eigenvalue weighted by Gasteiger charge is -2.36. The van der Waals surface area contributed by atoms with Crippen molar-refractivity contribution in [2.45, 2.75) is 32.6 Å². The van der Waals surface area contributed by atoms with E-state index < -0.39 is 22.8 Å². The van der Waals surface area contributed by atoms with Crippen LogP contribution in [0.5, 0.6) is 0 Å². The first-order valence-corrected chi connectivity index (χ1v) is 8.62. The first kappa shape index (κ1) is 18.6. The molecule has 2 aliphatic rings. The summed E-state index contributed by atoms with van der Waals surface area (Å²) in [5.74, 6) is -1.14. The number of hydrogen-bond acceptors (Lipinski definition) is 5. The summed E-state index contributed by atoms with van der Waals surface area (Å²) in [5.41, 5.74) is 7.87. The first-order chi connectivity index (χ1) is 12.8. The van der Waals surface area contributed by atoms with Gasteiger partial charge in [-0.2, -0.15) is 0 Å². The number of benzene rings is 1. The molecule has 1 saturated carbocycles. The Balaban J connectivity index is 2.32. The zero-order valence-electron chi connectivity index (χ0n) is 15.4. The predicted molar refractivity (Wildman–Crippen MR) is 97.4 cm³/mol. The van der Waals surface area contributed by atoms with E-state index in [1.807, 2.05) is 0 Å². The van der Waals surface area contributed by atoms with E-state index in [2.05, 4.69) is 0 Å². The average Bonchev–Trinajstić information content (AvgIpc) is 3.45. The van der Waals surface area contributed by atoms with Crippen LogP contribution in [-0.2, 0) is 9.53 Å². The molecule has 27 heavy (non-hydrogen) atoms. The van der Waals surface area contributed by atoms with Crippen LogP contribution in [0.4, 0.5) is 10.5 Å². The maximum atomic E-state index is 12.7. The molecule has 1 heterocycles. The van der Waals surface area contributed by atoms with E-state index in [0.29, 0.717) is 17.0 Å². The molecule has 1 aliphatic heterocycles. The van der Waals surface area contributed by atoms with Crippen LogP contribution in [0, 0.1) is 16.0 Å². The van der Waals surface area contributed by atoms with Crippen molar-refractivity contribution >= 4 is 17.7 Å². The summed E-state index contributed by atoms with van der Waals surface area (Å²) >= 11 is 0. The molecule has 8 nitrogen and oxygen atoms in total. The summed E-state index contributed by atoms with van der Waals surface area (Å²) in [6.07, 6.45) is 1.79. The number of carbonyl (C=O) groups is 2. The summed E-state index contributed by atoms with van der Waals surface area (Å²) in [7, 11) is 1.25. The molecule has 0 bridgehead atoms. The Bertz CT molecular complexity index is 898. The van der Waals surface area contributed by atoms with E-state index in [4.69, 9.17) is 10.5 Å². The number of allylic oxidation sites excluding steroid dienone is 3. The van der Waals surface area contributed by atoms with Crippen molar-refractivity contribution in [1.82, 2.24) is 4.90 Å². The topological polar surface area (TPSA) is 116 Å². The van der Waals surface area contributed by atoms with Crippen molar-refractivity contribution in [2.24, 2.45) is 11.7 Å². The summed E-state index contributed by atoms with van der Waals surface area (Å²) in [6.45, 7) is 3.36. The molecule has 8 heteroatoms. The highest BCUT2D eigenvalue weighted by molar-refractivity contribution is 5.94. The number of nitro benzene ring substituents is 1. The predicted octanol–water partition coefficient (Wildman–Crippen LogP) is 3.20.